The van der Waals surface area contributed by atoms with Gasteiger partial charge in [0.05, 0.1) is 23.4 Å². The van der Waals surface area contributed by atoms with Gasteiger partial charge in [0.15, 0.2) is 17.9 Å². The van der Waals surface area contributed by atoms with Gasteiger partial charge in [-0.25, -0.2) is 14.2 Å². The first kappa shape index (κ1) is 44.0. The Morgan fingerprint density at radius 2 is 1.76 bits per heavy atom. The van der Waals surface area contributed by atoms with Gasteiger partial charge in [-0.2, -0.15) is 0 Å². The van der Waals surface area contributed by atoms with E-state index < -0.39 is 65.1 Å². The number of likely N-dealkylation sites (N-methyl/N-ethyl adjacent to an activating group) is 1. The highest BCUT2D eigenvalue weighted by molar-refractivity contribution is 6.08. The summed E-state index contributed by atoms with van der Waals surface area (Å²) in [5.41, 5.74) is -5.58. The molecule has 0 unspecified atom stereocenters. The number of nitrogens with zero attached hydrogens (tertiary/aromatic N) is 2. The number of rotatable bonds is 12. The lowest BCUT2D eigenvalue weighted by atomic mass is 9.75. The third-order valence-electron chi connectivity index (χ3n) is 10.2. The molecule has 12 nitrogen and oxygen atoms in total. The molecule has 11 atom stereocenters. The summed E-state index contributed by atoms with van der Waals surface area (Å²) in [6.45, 7) is 15.4. The number of aliphatic hydroxyl groups excluding tert-OH is 1. The summed E-state index contributed by atoms with van der Waals surface area (Å²) in [6, 6.07) is -0.383. The van der Waals surface area contributed by atoms with Crippen LogP contribution in [0.5, 0.6) is 0 Å². The smallest absolute Gasteiger partial charge is 0.351 e. The van der Waals surface area contributed by atoms with Crippen molar-refractivity contribution in [2.45, 2.75) is 168 Å². The van der Waals surface area contributed by atoms with Crippen LogP contribution in [-0.4, -0.2) is 119 Å². The fourth-order valence-electron chi connectivity index (χ4n) is 7.19. The molecule has 0 saturated carbocycles. The molecule has 2 fully saturated rings. The Labute approximate surface area is 297 Å². The van der Waals surface area contributed by atoms with Crippen molar-refractivity contribution in [2.24, 2.45) is 22.7 Å². The second kappa shape index (κ2) is 18.1. The van der Waals surface area contributed by atoms with Crippen LogP contribution in [0.1, 0.15) is 114 Å². The number of amides is 1. The molecule has 288 valence electrons. The normalized spacial score (nSPS) is 32.8. The van der Waals surface area contributed by atoms with Gasteiger partial charge in [0.1, 0.15) is 18.8 Å². The van der Waals surface area contributed by atoms with Gasteiger partial charge in [-0.3, -0.25) is 14.4 Å². The Kier molecular flexibility index (Phi) is 15.9. The van der Waals surface area contributed by atoms with E-state index in [0.29, 0.717) is 25.0 Å². The highest BCUT2D eigenvalue weighted by Crippen LogP contribution is 2.39. The first-order chi connectivity index (χ1) is 23.0. The summed E-state index contributed by atoms with van der Waals surface area (Å²) in [4.78, 5) is 59.4. The van der Waals surface area contributed by atoms with E-state index in [1.165, 1.54) is 20.8 Å². The lowest BCUT2D eigenvalue weighted by Crippen LogP contribution is -2.60. The Hall–Kier alpha value is -2.16. The van der Waals surface area contributed by atoms with E-state index in [2.05, 4.69) is 4.99 Å². The molecule has 0 radical (unpaired) electrons. The van der Waals surface area contributed by atoms with E-state index in [9.17, 15) is 29.4 Å². The van der Waals surface area contributed by atoms with Crippen molar-refractivity contribution < 1.29 is 52.7 Å². The summed E-state index contributed by atoms with van der Waals surface area (Å²) in [7, 11) is 3.62. The fraction of sp³-hybridized carbons (Fsp3) is 0.865. The van der Waals surface area contributed by atoms with Crippen LogP contribution >= 0.6 is 0 Å². The molecule has 2 aliphatic heterocycles. The van der Waals surface area contributed by atoms with Crippen LogP contribution in [0.25, 0.3) is 0 Å². The number of hydrogen-bond acceptors (Lipinski definition) is 11. The summed E-state index contributed by atoms with van der Waals surface area (Å²) in [6.07, 6.45) is -2.97. The van der Waals surface area contributed by atoms with E-state index in [4.69, 9.17) is 18.9 Å². The summed E-state index contributed by atoms with van der Waals surface area (Å²) < 4.78 is 40.8. The largest absolute Gasteiger partial charge is 0.457 e. The monoisotopic (exact) mass is 714 g/mol. The molecular weight excluding hydrogens is 651 g/mol. The van der Waals surface area contributed by atoms with Gasteiger partial charge in [0, 0.05) is 30.5 Å². The predicted molar refractivity (Wildman–Crippen MR) is 186 cm³/mol. The minimum absolute atomic E-state index is 0.0856. The van der Waals surface area contributed by atoms with Crippen molar-refractivity contribution in [3.63, 3.8) is 0 Å². The van der Waals surface area contributed by atoms with Crippen molar-refractivity contribution >= 4 is 29.2 Å². The third-order valence-corrected chi connectivity index (χ3v) is 10.2. The number of ketones is 2. The van der Waals surface area contributed by atoms with Crippen LogP contribution in [0.3, 0.4) is 0 Å². The van der Waals surface area contributed by atoms with Crippen LogP contribution in [0, 0.1) is 17.8 Å². The molecule has 0 bridgehead atoms. The Balaban J connectivity index is 2.71. The number of ether oxygens (including phenoxy) is 4. The average molecular weight is 715 g/mol. The number of alkyl halides is 1. The molecule has 0 aromatic rings. The van der Waals surface area contributed by atoms with Crippen molar-refractivity contribution in [3.05, 3.63) is 0 Å². The molecule has 2 heterocycles. The van der Waals surface area contributed by atoms with Crippen molar-refractivity contribution in [1.82, 2.24) is 4.90 Å². The van der Waals surface area contributed by atoms with Crippen LogP contribution < -0.4 is 0 Å². The molecule has 2 saturated heterocycles. The second-order valence-corrected chi connectivity index (χ2v) is 15.6. The second-order valence-electron chi connectivity index (χ2n) is 15.6. The van der Waals surface area contributed by atoms with E-state index in [1.54, 1.807) is 20.8 Å². The molecular formula is C37H63FN2O10. The maximum Gasteiger partial charge on any atom is 0.351 e. The van der Waals surface area contributed by atoms with E-state index in [0.717, 1.165) is 6.92 Å². The van der Waals surface area contributed by atoms with Gasteiger partial charge < -0.3 is 34.1 Å². The molecule has 50 heavy (non-hydrogen) atoms. The first-order valence-electron chi connectivity index (χ1n) is 18.1. The van der Waals surface area contributed by atoms with Gasteiger partial charge in [0.2, 0.25) is 5.91 Å². The number of carbonyl (C=O) groups excluding carboxylic acids is 4. The lowest BCUT2D eigenvalue weighted by Gasteiger charge is -2.47. The molecule has 0 aromatic heterocycles. The Bertz CT molecular complexity index is 1220. The van der Waals surface area contributed by atoms with Gasteiger partial charge in [-0.15, -0.1) is 0 Å². The quantitative estimate of drug-likeness (QED) is 0.218. The van der Waals surface area contributed by atoms with E-state index in [1.807, 2.05) is 39.8 Å². The number of halogens is 1. The van der Waals surface area contributed by atoms with Crippen LogP contribution in [0.4, 0.5) is 4.39 Å². The number of aliphatic hydroxyl groups is 2. The standard InChI is InChI=1S/C37H63FN2O10/c1-13-27(35(7,8)46)49-34(45)37(10,38)31(44)24(6)32(50-33-30(43)26(40(11)12)18-23(5)48-33)36(9)19-22(4)29(39-28(42)14-2)21(3)16-15-17-25(41)20-47-36/h21-24,26-27,30,32-33,43,46H,13-20H2,1-12H3/b39-29-/t21-,22-,23-,24+,26+,27-,30-,32-,33+,36-,37+/m1/s1. The summed E-state index contributed by atoms with van der Waals surface area (Å²) >= 11 is 0. The molecule has 0 spiro atoms. The lowest BCUT2D eigenvalue weighted by molar-refractivity contribution is -0.297. The molecule has 0 aliphatic carbocycles. The summed E-state index contributed by atoms with van der Waals surface area (Å²) in [5.74, 6) is -5.11. The zero-order valence-electron chi connectivity index (χ0n) is 32.3. The first-order valence-corrected chi connectivity index (χ1v) is 18.1. The third kappa shape index (κ3) is 11.2. The van der Waals surface area contributed by atoms with Crippen molar-refractivity contribution in [3.8, 4) is 0 Å². The molecule has 1 amide bonds. The number of hydrogen-bond donors (Lipinski definition) is 2. The molecule has 2 aliphatic rings. The maximum atomic E-state index is 16.5. The van der Waals surface area contributed by atoms with Gasteiger partial charge in [-0.1, -0.05) is 34.6 Å². The Morgan fingerprint density at radius 1 is 1.14 bits per heavy atom. The Morgan fingerprint density at radius 3 is 2.30 bits per heavy atom. The van der Waals surface area contributed by atoms with Crippen molar-refractivity contribution in [1.29, 1.82) is 0 Å². The fourth-order valence-corrected chi connectivity index (χ4v) is 7.19. The average Bonchev–Trinajstić information content (AvgIpc) is 3.04. The number of esters is 1. The number of carbonyl (C=O) groups is 4. The van der Waals surface area contributed by atoms with Gasteiger partial charge >= 0.3 is 5.97 Å². The molecule has 2 N–H and O–H groups in total. The molecule has 2 rings (SSSR count). The zero-order chi connectivity index (χ0) is 38.4. The SMILES string of the molecule is CCC(=O)/N=C1/[C@H](C)CCCC(=O)CO[C@@](C)([C@H](O[C@@H]2O[C@H](C)C[C@H](N(C)C)[C@H]2O)[C@@H](C)C(=O)[C@](C)(F)C(=O)O[C@H](CC)C(C)(C)O)C[C@H]1C. The van der Waals surface area contributed by atoms with E-state index in [-0.39, 0.29) is 62.0 Å². The van der Waals surface area contributed by atoms with Crippen LogP contribution in [0.2, 0.25) is 0 Å². The van der Waals surface area contributed by atoms with Crippen LogP contribution in [-0.2, 0) is 38.1 Å². The molecule has 0 aromatic carbocycles. The highest BCUT2D eigenvalue weighted by atomic mass is 19.1. The van der Waals surface area contributed by atoms with Gasteiger partial charge in [-0.05, 0) is 92.7 Å². The minimum Gasteiger partial charge on any atom is -0.457 e. The minimum atomic E-state index is -3.18. The number of aliphatic imine (C=N–C) groups is 1. The molecule has 13 heteroatoms. The summed E-state index contributed by atoms with van der Waals surface area (Å²) in [5, 5.41) is 21.9. The van der Waals surface area contributed by atoms with Crippen molar-refractivity contribution in [2.75, 3.05) is 20.7 Å². The topological polar surface area (TPSA) is 161 Å². The van der Waals surface area contributed by atoms with Gasteiger partial charge in [0.25, 0.3) is 5.67 Å². The highest BCUT2D eigenvalue weighted by Gasteiger charge is 2.54. The predicted octanol–water partition coefficient (Wildman–Crippen LogP) is 4.39. The maximum absolute atomic E-state index is 16.5. The number of Topliss-reactive ketones (excluding diaryl/α,β-unsaturated/α-hetero) is 2. The van der Waals surface area contributed by atoms with E-state index >= 15 is 4.39 Å². The zero-order valence-corrected chi connectivity index (χ0v) is 32.3. The van der Waals surface area contributed by atoms with Crippen LogP contribution in [0.15, 0.2) is 4.99 Å².